The van der Waals surface area contributed by atoms with Crippen LogP contribution in [-0.4, -0.2) is 50.6 Å². The van der Waals surface area contributed by atoms with E-state index in [2.05, 4.69) is 41.4 Å². The summed E-state index contributed by atoms with van der Waals surface area (Å²) < 4.78 is 19.4. The fourth-order valence-corrected chi connectivity index (χ4v) is 3.29. The first kappa shape index (κ1) is 20.1. The molecule has 5 nitrogen and oxygen atoms in total. The lowest BCUT2D eigenvalue weighted by Gasteiger charge is -2.38. The SMILES string of the molecule is Cc1ccc(CN2c3ccc(F)cc3OC[C@@H]2CC(=O)NCCN(C)C)cc1. The maximum Gasteiger partial charge on any atom is 0.222 e. The number of likely N-dealkylation sites (N-methyl/N-ethyl adjacent to an activating group) is 1. The number of nitrogens with zero attached hydrogens (tertiary/aromatic N) is 2. The highest BCUT2D eigenvalue weighted by Gasteiger charge is 2.29. The summed E-state index contributed by atoms with van der Waals surface area (Å²) in [6.07, 6.45) is 0.329. The average molecular weight is 385 g/mol. The van der Waals surface area contributed by atoms with Crippen molar-refractivity contribution >= 4 is 11.6 Å². The topological polar surface area (TPSA) is 44.8 Å². The summed E-state index contributed by atoms with van der Waals surface area (Å²) in [5.74, 6) is 0.195. The summed E-state index contributed by atoms with van der Waals surface area (Å²) in [6, 6.07) is 12.8. The van der Waals surface area contributed by atoms with Gasteiger partial charge in [-0.3, -0.25) is 4.79 Å². The van der Waals surface area contributed by atoms with Crippen molar-refractivity contribution in [2.24, 2.45) is 0 Å². The van der Waals surface area contributed by atoms with Gasteiger partial charge in [0.15, 0.2) is 0 Å². The number of anilines is 1. The highest BCUT2D eigenvalue weighted by atomic mass is 19.1. The van der Waals surface area contributed by atoms with Gasteiger partial charge in [-0.05, 0) is 38.7 Å². The molecule has 1 amide bonds. The van der Waals surface area contributed by atoms with Crippen molar-refractivity contribution in [3.8, 4) is 5.75 Å². The number of benzene rings is 2. The third-order valence-electron chi connectivity index (χ3n) is 4.88. The van der Waals surface area contributed by atoms with Crippen molar-refractivity contribution < 1.29 is 13.9 Å². The van der Waals surface area contributed by atoms with E-state index in [1.165, 1.54) is 17.7 Å². The molecule has 0 aliphatic carbocycles. The number of hydrogen-bond acceptors (Lipinski definition) is 4. The summed E-state index contributed by atoms with van der Waals surface area (Å²) in [7, 11) is 3.95. The normalized spacial score (nSPS) is 15.9. The van der Waals surface area contributed by atoms with E-state index in [1.807, 2.05) is 19.0 Å². The fourth-order valence-electron chi connectivity index (χ4n) is 3.29. The predicted octanol–water partition coefficient (Wildman–Crippen LogP) is 2.97. The van der Waals surface area contributed by atoms with E-state index >= 15 is 0 Å². The Kier molecular flexibility index (Phi) is 6.52. The standard InChI is InChI=1S/C22H28FN3O2/c1-16-4-6-17(7-5-16)14-26-19(13-22(27)24-10-11-25(2)3)15-28-21-12-18(23)8-9-20(21)26/h4-9,12,19H,10-11,13-15H2,1-3H3,(H,24,27)/t19-/m0/s1. The van der Waals surface area contributed by atoms with Crippen LogP contribution in [0.15, 0.2) is 42.5 Å². The largest absolute Gasteiger partial charge is 0.489 e. The van der Waals surface area contributed by atoms with Crippen LogP contribution in [0.4, 0.5) is 10.1 Å². The molecule has 1 heterocycles. The van der Waals surface area contributed by atoms with Crippen LogP contribution in [0.25, 0.3) is 0 Å². The Morgan fingerprint density at radius 2 is 2.00 bits per heavy atom. The van der Waals surface area contributed by atoms with E-state index in [0.29, 0.717) is 31.9 Å². The number of rotatable bonds is 7. The lowest BCUT2D eigenvalue weighted by Crippen LogP contribution is -2.46. The summed E-state index contributed by atoms with van der Waals surface area (Å²) in [6.45, 7) is 4.44. The molecule has 1 atom stereocenters. The smallest absolute Gasteiger partial charge is 0.222 e. The van der Waals surface area contributed by atoms with Gasteiger partial charge in [0.25, 0.3) is 0 Å². The average Bonchev–Trinajstić information content (AvgIpc) is 2.65. The van der Waals surface area contributed by atoms with Crippen molar-refractivity contribution in [3.63, 3.8) is 0 Å². The minimum Gasteiger partial charge on any atom is -0.489 e. The molecule has 6 heteroatoms. The molecule has 28 heavy (non-hydrogen) atoms. The van der Waals surface area contributed by atoms with Gasteiger partial charge in [0.2, 0.25) is 5.91 Å². The zero-order chi connectivity index (χ0) is 20.1. The van der Waals surface area contributed by atoms with E-state index in [9.17, 15) is 9.18 Å². The van der Waals surface area contributed by atoms with Gasteiger partial charge in [-0.1, -0.05) is 29.8 Å². The number of fused-ring (bicyclic) bond motifs is 1. The van der Waals surface area contributed by atoms with Crippen molar-refractivity contribution in [2.75, 3.05) is 38.7 Å². The molecular formula is C22H28FN3O2. The van der Waals surface area contributed by atoms with Gasteiger partial charge in [0.1, 0.15) is 18.2 Å². The van der Waals surface area contributed by atoms with Gasteiger partial charge in [0.05, 0.1) is 18.2 Å². The Hall–Kier alpha value is -2.60. The van der Waals surface area contributed by atoms with Crippen LogP contribution in [0.1, 0.15) is 17.5 Å². The number of hydrogen-bond donors (Lipinski definition) is 1. The Bertz CT molecular complexity index is 808. The van der Waals surface area contributed by atoms with Gasteiger partial charge in [-0.2, -0.15) is 0 Å². The molecule has 3 rings (SSSR count). The van der Waals surface area contributed by atoms with Crippen molar-refractivity contribution in [2.45, 2.75) is 25.9 Å². The maximum atomic E-state index is 13.6. The summed E-state index contributed by atoms with van der Waals surface area (Å²) in [5, 5.41) is 2.96. The van der Waals surface area contributed by atoms with E-state index in [0.717, 1.165) is 17.8 Å². The number of aryl methyl sites for hydroxylation is 1. The van der Waals surface area contributed by atoms with E-state index in [-0.39, 0.29) is 17.8 Å². The third kappa shape index (κ3) is 5.23. The minimum atomic E-state index is -0.325. The molecule has 0 saturated carbocycles. The first-order valence-corrected chi connectivity index (χ1v) is 9.58. The zero-order valence-corrected chi connectivity index (χ0v) is 16.7. The van der Waals surface area contributed by atoms with Gasteiger partial charge >= 0.3 is 0 Å². The molecule has 2 aromatic carbocycles. The van der Waals surface area contributed by atoms with E-state index in [1.54, 1.807) is 6.07 Å². The number of nitrogens with one attached hydrogen (secondary N) is 1. The molecule has 1 aliphatic heterocycles. The second-order valence-corrected chi connectivity index (χ2v) is 7.55. The first-order valence-electron chi connectivity index (χ1n) is 9.58. The molecule has 150 valence electrons. The molecule has 0 spiro atoms. The van der Waals surface area contributed by atoms with Gasteiger partial charge in [-0.15, -0.1) is 0 Å². The van der Waals surface area contributed by atoms with Crippen LogP contribution < -0.4 is 15.0 Å². The number of halogens is 1. The molecule has 0 radical (unpaired) electrons. The monoisotopic (exact) mass is 385 g/mol. The Morgan fingerprint density at radius 1 is 1.25 bits per heavy atom. The number of ether oxygens (including phenoxy) is 1. The maximum absolute atomic E-state index is 13.6. The molecule has 1 N–H and O–H groups in total. The van der Waals surface area contributed by atoms with Crippen LogP contribution >= 0.6 is 0 Å². The number of carbonyl (C=O) groups is 1. The third-order valence-corrected chi connectivity index (χ3v) is 4.88. The van der Waals surface area contributed by atoms with Crippen molar-refractivity contribution in [1.29, 1.82) is 0 Å². The molecule has 0 unspecified atom stereocenters. The Balaban J connectivity index is 1.76. The summed E-state index contributed by atoms with van der Waals surface area (Å²) >= 11 is 0. The Morgan fingerprint density at radius 3 is 2.71 bits per heavy atom. The second kappa shape index (κ2) is 9.06. The number of amides is 1. The predicted molar refractivity (Wildman–Crippen MR) is 109 cm³/mol. The number of carbonyl (C=O) groups excluding carboxylic acids is 1. The van der Waals surface area contributed by atoms with Crippen molar-refractivity contribution in [3.05, 3.63) is 59.4 Å². The van der Waals surface area contributed by atoms with Crippen LogP contribution in [0.2, 0.25) is 0 Å². The van der Waals surface area contributed by atoms with E-state index < -0.39 is 0 Å². The van der Waals surface area contributed by atoms with Crippen LogP contribution in [-0.2, 0) is 11.3 Å². The Labute approximate surface area is 166 Å². The van der Waals surface area contributed by atoms with Crippen LogP contribution in [0.3, 0.4) is 0 Å². The summed E-state index contributed by atoms with van der Waals surface area (Å²) in [4.78, 5) is 16.6. The highest BCUT2D eigenvalue weighted by molar-refractivity contribution is 5.77. The van der Waals surface area contributed by atoms with Gasteiger partial charge in [0, 0.05) is 25.7 Å². The molecule has 0 bridgehead atoms. The molecule has 0 saturated heterocycles. The van der Waals surface area contributed by atoms with Crippen LogP contribution in [0, 0.1) is 12.7 Å². The van der Waals surface area contributed by atoms with Crippen LogP contribution in [0.5, 0.6) is 5.75 Å². The van der Waals surface area contributed by atoms with E-state index in [4.69, 9.17) is 4.74 Å². The summed E-state index contributed by atoms with van der Waals surface area (Å²) in [5.41, 5.74) is 3.16. The lowest BCUT2D eigenvalue weighted by molar-refractivity contribution is -0.121. The quantitative estimate of drug-likeness (QED) is 0.796. The second-order valence-electron chi connectivity index (χ2n) is 7.55. The van der Waals surface area contributed by atoms with Gasteiger partial charge in [-0.25, -0.2) is 4.39 Å². The first-order chi connectivity index (χ1) is 13.4. The highest BCUT2D eigenvalue weighted by Crippen LogP contribution is 2.36. The lowest BCUT2D eigenvalue weighted by atomic mass is 10.1. The molecule has 0 aromatic heterocycles. The molecule has 1 aliphatic rings. The molecular weight excluding hydrogens is 357 g/mol. The fraction of sp³-hybridized carbons (Fsp3) is 0.409. The minimum absolute atomic E-state index is 0.00471. The van der Waals surface area contributed by atoms with Gasteiger partial charge < -0.3 is 19.9 Å². The zero-order valence-electron chi connectivity index (χ0n) is 16.7. The van der Waals surface area contributed by atoms with Crippen molar-refractivity contribution in [1.82, 2.24) is 10.2 Å². The molecule has 2 aromatic rings. The molecule has 0 fully saturated rings.